The molecule has 0 saturated carbocycles. The predicted octanol–water partition coefficient (Wildman–Crippen LogP) is 3.16. The molecule has 3 aromatic rings. The average molecular weight is 352 g/mol. The summed E-state index contributed by atoms with van der Waals surface area (Å²) >= 11 is 1.41. The van der Waals surface area contributed by atoms with Crippen LogP contribution in [0.2, 0.25) is 0 Å². The van der Waals surface area contributed by atoms with Crippen LogP contribution in [0.4, 0.5) is 10.8 Å². The Balaban J connectivity index is 1.65. The second-order valence-corrected chi connectivity index (χ2v) is 6.56. The van der Waals surface area contributed by atoms with Gasteiger partial charge in [0.1, 0.15) is 0 Å². The zero-order chi connectivity index (χ0) is 17.6. The van der Waals surface area contributed by atoms with E-state index < -0.39 is 0 Å². The molecule has 0 unspecified atom stereocenters. The lowest BCUT2D eigenvalue weighted by Gasteiger charge is -2.16. The third-order valence-corrected chi connectivity index (χ3v) is 4.59. The molecule has 1 amide bonds. The van der Waals surface area contributed by atoms with E-state index >= 15 is 0 Å². The van der Waals surface area contributed by atoms with Crippen molar-refractivity contribution in [3.63, 3.8) is 0 Å². The summed E-state index contributed by atoms with van der Waals surface area (Å²) in [5.41, 5.74) is 9.36. The number of benzene rings is 2. The highest BCUT2D eigenvalue weighted by atomic mass is 32.1. The molecule has 0 saturated heterocycles. The molecule has 5 nitrogen and oxygen atoms in total. The van der Waals surface area contributed by atoms with Gasteiger partial charge < -0.3 is 16.4 Å². The van der Waals surface area contributed by atoms with Crippen LogP contribution < -0.4 is 16.4 Å². The zero-order valence-electron chi connectivity index (χ0n) is 13.9. The van der Waals surface area contributed by atoms with Gasteiger partial charge in [0, 0.05) is 16.6 Å². The number of rotatable bonds is 6. The summed E-state index contributed by atoms with van der Waals surface area (Å²) < 4.78 is 0. The van der Waals surface area contributed by atoms with Crippen LogP contribution in [0.3, 0.4) is 0 Å². The Morgan fingerprint density at radius 1 is 1.16 bits per heavy atom. The largest absolute Gasteiger partial charge is 0.375 e. The van der Waals surface area contributed by atoms with Crippen LogP contribution in [-0.4, -0.2) is 24.0 Å². The molecule has 2 aromatic carbocycles. The molecular weight excluding hydrogens is 332 g/mol. The first-order valence-corrected chi connectivity index (χ1v) is 8.87. The lowest BCUT2D eigenvalue weighted by molar-refractivity contribution is -0.118. The number of hydrogen-bond donors (Lipinski definition) is 3. The number of amides is 1. The number of aromatic nitrogens is 1. The van der Waals surface area contributed by atoms with E-state index in [4.69, 9.17) is 5.73 Å². The van der Waals surface area contributed by atoms with Crippen molar-refractivity contribution in [1.82, 2.24) is 10.3 Å². The fraction of sp³-hybridized carbons (Fsp3) is 0.158. The van der Waals surface area contributed by atoms with Gasteiger partial charge in [0.25, 0.3) is 0 Å². The Labute approximate surface area is 150 Å². The maximum Gasteiger partial charge on any atom is 0.241 e. The Kier molecular flexibility index (Phi) is 5.42. The molecule has 0 spiro atoms. The minimum absolute atomic E-state index is 0.0583. The molecule has 0 aliphatic heterocycles. The van der Waals surface area contributed by atoms with Crippen LogP contribution in [-0.2, 0) is 11.2 Å². The van der Waals surface area contributed by atoms with Crippen LogP contribution in [0.5, 0.6) is 0 Å². The third kappa shape index (κ3) is 4.43. The Hall–Kier alpha value is -2.70. The lowest BCUT2D eigenvalue weighted by atomic mass is 10.1. The molecule has 1 atom stereocenters. The Morgan fingerprint density at radius 3 is 2.48 bits per heavy atom. The van der Waals surface area contributed by atoms with E-state index in [0.29, 0.717) is 11.6 Å². The van der Waals surface area contributed by atoms with Gasteiger partial charge in [-0.2, -0.15) is 0 Å². The number of nitrogens with two attached hydrogens (primary N) is 1. The second kappa shape index (κ2) is 7.92. The van der Waals surface area contributed by atoms with E-state index in [-0.39, 0.29) is 11.9 Å². The van der Waals surface area contributed by atoms with E-state index in [1.165, 1.54) is 11.3 Å². The minimum Gasteiger partial charge on any atom is -0.375 e. The van der Waals surface area contributed by atoms with Crippen molar-refractivity contribution in [2.45, 2.75) is 12.5 Å². The van der Waals surface area contributed by atoms with Gasteiger partial charge >= 0.3 is 0 Å². The molecular formula is C19H20N4OS. The molecule has 1 heterocycles. The van der Waals surface area contributed by atoms with Crippen LogP contribution in [0.1, 0.15) is 5.56 Å². The first-order valence-electron chi connectivity index (χ1n) is 7.99. The number of likely N-dealkylation sites (N-methyl/N-ethyl adjacent to an activating group) is 1. The number of nitrogen functional groups attached to an aromatic ring is 1. The highest BCUT2D eigenvalue weighted by molar-refractivity contribution is 7.13. The van der Waals surface area contributed by atoms with Crippen molar-refractivity contribution in [1.29, 1.82) is 0 Å². The fourth-order valence-electron chi connectivity index (χ4n) is 2.55. The summed E-state index contributed by atoms with van der Waals surface area (Å²) in [5.74, 6) is -0.0583. The first-order chi connectivity index (χ1) is 12.2. The summed E-state index contributed by atoms with van der Waals surface area (Å²) in [6, 6.07) is 17.3. The molecule has 1 aromatic heterocycles. The third-order valence-electron chi connectivity index (χ3n) is 3.92. The van der Waals surface area contributed by atoms with Crippen LogP contribution >= 0.6 is 11.3 Å². The highest BCUT2D eigenvalue weighted by Crippen LogP contribution is 2.24. The van der Waals surface area contributed by atoms with Crippen LogP contribution in [0, 0.1) is 0 Å². The number of carbonyl (C=O) groups is 1. The van der Waals surface area contributed by atoms with Gasteiger partial charge in [-0.1, -0.05) is 42.5 Å². The first kappa shape index (κ1) is 17.1. The molecule has 6 heteroatoms. The normalized spacial score (nSPS) is 11.9. The lowest BCUT2D eigenvalue weighted by Crippen LogP contribution is -2.40. The number of nitrogens with one attached hydrogen (secondary N) is 2. The molecule has 0 bridgehead atoms. The van der Waals surface area contributed by atoms with E-state index in [1.807, 2.05) is 60.0 Å². The van der Waals surface area contributed by atoms with Gasteiger partial charge in [0.05, 0.1) is 11.7 Å². The van der Waals surface area contributed by atoms with E-state index in [0.717, 1.165) is 22.5 Å². The molecule has 3 rings (SSSR count). The van der Waals surface area contributed by atoms with Crippen LogP contribution in [0.25, 0.3) is 11.3 Å². The molecule has 0 aliphatic rings. The standard InChI is InChI=1S/C19H20N4OS/c1-21-16(11-13-5-3-2-4-6-13)18(24)22-15-9-7-14(8-10-15)17-12-25-19(20)23-17/h2-10,12,16,21H,11H2,1H3,(H2,20,23)(H,22,24)/t16-/m1/s1. The van der Waals surface area contributed by atoms with Crippen molar-refractivity contribution in [2.24, 2.45) is 0 Å². The van der Waals surface area contributed by atoms with Gasteiger partial charge in [-0.15, -0.1) is 11.3 Å². The summed E-state index contributed by atoms with van der Waals surface area (Å²) in [4.78, 5) is 16.8. The average Bonchev–Trinajstić information content (AvgIpc) is 3.07. The van der Waals surface area contributed by atoms with Crippen molar-refractivity contribution < 1.29 is 4.79 Å². The maximum absolute atomic E-state index is 12.5. The summed E-state index contributed by atoms with van der Waals surface area (Å²) in [6.07, 6.45) is 0.638. The SMILES string of the molecule is CN[C@H](Cc1ccccc1)C(=O)Nc1ccc(-c2csc(N)n2)cc1. The number of thiazole rings is 1. The molecule has 128 valence electrons. The molecule has 25 heavy (non-hydrogen) atoms. The number of hydrogen-bond acceptors (Lipinski definition) is 5. The number of nitrogens with zero attached hydrogens (tertiary/aromatic N) is 1. The zero-order valence-corrected chi connectivity index (χ0v) is 14.7. The summed E-state index contributed by atoms with van der Waals surface area (Å²) in [6.45, 7) is 0. The van der Waals surface area contributed by atoms with Gasteiger partial charge in [-0.05, 0) is 31.2 Å². The fourth-order valence-corrected chi connectivity index (χ4v) is 3.12. The number of carbonyl (C=O) groups excluding carboxylic acids is 1. The summed E-state index contributed by atoms with van der Waals surface area (Å²) in [7, 11) is 1.79. The van der Waals surface area contributed by atoms with Crippen molar-refractivity contribution >= 4 is 28.1 Å². The summed E-state index contributed by atoms with van der Waals surface area (Å²) in [5, 5.41) is 8.49. The van der Waals surface area contributed by atoms with Gasteiger partial charge in [0.15, 0.2) is 5.13 Å². The smallest absolute Gasteiger partial charge is 0.241 e. The molecule has 0 fully saturated rings. The monoisotopic (exact) mass is 352 g/mol. The molecule has 0 aliphatic carbocycles. The second-order valence-electron chi connectivity index (χ2n) is 5.67. The highest BCUT2D eigenvalue weighted by Gasteiger charge is 2.17. The van der Waals surface area contributed by atoms with Gasteiger partial charge in [-0.25, -0.2) is 4.98 Å². The maximum atomic E-state index is 12.5. The topological polar surface area (TPSA) is 80.0 Å². The Morgan fingerprint density at radius 2 is 1.88 bits per heavy atom. The van der Waals surface area contributed by atoms with E-state index in [2.05, 4.69) is 15.6 Å². The van der Waals surface area contributed by atoms with Crippen molar-refractivity contribution in [2.75, 3.05) is 18.1 Å². The van der Waals surface area contributed by atoms with E-state index in [9.17, 15) is 4.79 Å². The predicted molar refractivity (Wildman–Crippen MR) is 104 cm³/mol. The van der Waals surface area contributed by atoms with Gasteiger partial charge in [-0.3, -0.25) is 4.79 Å². The quantitative estimate of drug-likeness (QED) is 0.637. The molecule has 4 N–H and O–H groups in total. The van der Waals surface area contributed by atoms with Crippen LogP contribution in [0.15, 0.2) is 60.0 Å². The molecule has 0 radical (unpaired) electrons. The van der Waals surface area contributed by atoms with E-state index in [1.54, 1.807) is 7.05 Å². The van der Waals surface area contributed by atoms with Crippen molar-refractivity contribution in [3.05, 3.63) is 65.5 Å². The Bertz CT molecular complexity index is 830. The number of anilines is 2. The van der Waals surface area contributed by atoms with Gasteiger partial charge in [0.2, 0.25) is 5.91 Å². The minimum atomic E-state index is -0.291. The van der Waals surface area contributed by atoms with Crippen molar-refractivity contribution in [3.8, 4) is 11.3 Å².